The van der Waals surface area contributed by atoms with Crippen LogP contribution in [0.2, 0.25) is 0 Å². The Morgan fingerprint density at radius 3 is 2.77 bits per heavy atom. The Kier molecular flexibility index (Phi) is 1.79. The summed E-state index contributed by atoms with van der Waals surface area (Å²) in [7, 11) is 1.53. The van der Waals surface area contributed by atoms with Gasteiger partial charge < -0.3 is 4.74 Å². The Morgan fingerprint density at radius 2 is 2.23 bits per heavy atom. The second-order valence-corrected chi connectivity index (χ2v) is 5.78. The van der Waals surface area contributed by atoms with E-state index >= 15 is 0 Å². The number of rotatable bonds is 2. The molecule has 0 amide bonds. The van der Waals surface area contributed by atoms with Gasteiger partial charge in [-0.2, -0.15) is 0 Å². The molecule has 3 aliphatic rings. The van der Waals surface area contributed by atoms with E-state index < -0.39 is 11.1 Å². The minimum Gasteiger partial charge on any atom is -0.377 e. The highest BCUT2D eigenvalue weighted by Gasteiger charge is 2.59. The van der Waals surface area contributed by atoms with Crippen molar-refractivity contribution in [2.45, 2.75) is 24.2 Å². The Bertz CT molecular complexity index is 253. The van der Waals surface area contributed by atoms with Gasteiger partial charge in [-0.25, -0.2) is 4.21 Å². The maximum atomic E-state index is 11.5. The van der Waals surface area contributed by atoms with Crippen LogP contribution < -0.4 is 0 Å². The number of ether oxygens (including phenoxy) is 1. The Labute approximate surface area is 80.5 Å². The van der Waals surface area contributed by atoms with Gasteiger partial charge >= 0.3 is 0 Å². The van der Waals surface area contributed by atoms with Crippen molar-refractivity contribution in [3.05, 3.63) is 0 Å². The molecule has 6 unspecified atom stereocenters. The van der Waals surface area contributed by atoms with Crippen molar-refractivity contribution in [1.82, 2.24) is 0 Å². The van der Waals surface area contributed by atoms with Crippen LogP contribution in [0.5, 0.6) is 0 Å². The van der Waals surface area contributed by atoms with E-state index in [0.717, 1.165) is 24.9 Å². The molecule has 0 aromatic heterocycles. The smallest absolute Gasteiger partial charge is 0.158 e. The molecule has 2 saturated carbocycles. The van der Waals surface area contributed by atoms with Gasteiger partial charge in [0.2, 0.25) is 0 Å². The lowest BCUT2D eigenvalue weighted by molar-refractivity contribution is -0.138. The summed E-state index contributed by atoms with van der Waals surface area (Å²) in [5.74, 6) is 2.08. The molecule has 4 heteroatoms. The molecule has 3 fully saturated rings. The number of hydrogen-bond acceptors (Lipinski definition) is 3. The number of hydrogen-bond donors (Lipinski definition) is 0. The van der Waals surface area contributed by atoms with Crippen molar-refractivity contribution >= 4 is 11.1 Å². The standard InChI is InChI=1S/C9H14O3S/c1-11-13(10)8-3-5-2-6(8)9-7(5)4-12-9/h5-9H,2-4H2,1H3. The second kappa shape index (κ2) is 2.78. The second-order valence-electron chi connectivity index (χ2n) is 4.32. The van der Waals surface area contributed by atoms with Gasteiger partial charge in [0.05, 0.1) is 25.1 Å². The predicted octanol–water partition coefficient (Wildman–Crippen LogP) is 0.720. The minimum atomic E-state index is -1.08. The molecule has 1 heterocycles. The van der Waals surface area contributed by atoms with Gasteiger partial charge in [0.25, 0.3) is 0 Å². The first kappa shape index (κ1) is 8.38. The van der Waals surface area contributed by atoms with Crippen molar-refractivity contribution in [2.24, 2.45) is 17.8 Å². The van der Waals surface area contributed by atoms with Crippen LogP contribution in [0.3, 0.4) is 0 Å². The lowest BCUT2D eigenvalue weighted by Crippen LogP contribution is -2.49. The summed E-state index contributed by atoms with van der Waals surface area (Å²) in [6.07, 6.45) is 2.73. The molecule has 2 bridgehead atoms. The summed E-state index contributed by atoms with van der Waals surface area (Å²) >= 11 is -1.08. The average Bonchev–Trinajstić information content (AvgIpc) is 2.54. The molecule has 0 N–H and O–H groups in total. The molecule has 3 nitrogen and oxygen atoms in total. The van der Waals surface area contributed by atoms with E-state index in [9.17, 15) is 4.21 Å². The summed E-state index contributed by atoms with van der Waals surface area (Å²) in [5.41, 5.74) is 0. The van der Waals surface area contributed by atoms with Crippen molar-refractivity contribution < 1.29 is 13.1 Å². The Morgan fingerprint density at radius 1 is 1.38 bits per heavy atom. The van der Waals surface area contributed by atoms with Crippen LogP contribution in [0.4, 0.5) is 0 Å². The predicted molar refractivity (Wildman–Crippen MR) is 48.4 cm³/mol. The van der Waals surface area contributed by atoms with Crippen LogP contribution >= 0.6 is 0 Å². The first-order chi connectivity index (χ1) is 6.31. The van der Waals surface area contributed by atoms with E-state index in [1.807, 2.05) is 0 Å². The van der Waals surface area contributed by atoms with Crippen LogP contribution in [0, 0.1) is 17.8 Å². The largest absolute Gasteiger partial charge is 0.377 e. The molecule has 1 aliphatic heterocycles. The zero-order valence-electron chi connectivity index (χ0n) is 7.64. The SMILES string of the molecule is COS(=O)C1CC2CC1C1OCC21. The Hall–Kier alpha value is 0.0700. The average molecular weight is 202 g/mol. The first-order valence-corrected chi connectivity index (χ1v) is 6.01. The third-order valence-corrected chi connectivity index (χ3v) is 5.29. The molecule has 13 heavy (non-hydrogen) atoms. The van der Waals surface area contributed by atoms with E-state index in [-0.39, 0.29) is 5.25 Å². The maximum absolute atomic E-state index is 11.5. The van der Waals surface area contributed by atoms with Gasteiger partial charge in [0.1, 0.15) is 0 Å². The highest BCUT2D eigenvalue weighted by atomic mass is 32.2. The van der Waals surface area contributed by atoms with Gasteiger partial charge in [-0.15, -0.1) is 0 Å². The lowest BCUT2D eigenvalue weighted by atomic mass is 9.83. The summed E-state index contributed by atoms with van der Waals surface area (Å²) in [6.45, 7) is 0.943. The summed E-state index contributed by atoms with van der Waals surface area (Å²) in [5, 5.41) is 0.247. The van der Waals surface area contributed by atoms with Crippen LogP contribution in [0.25, 0.3) is 0 Å². The van der Waals surface area contributed by atoms with E-state index in [0.29, 0.717) is 12.0 Å². The normalized spacial score (nSPS) is 54.4. The van der Waals surface area contributed by atoms with E-state index in [1.54, 1.807) is 0 Å². The Balaban J connectivity index is 1.78. The van der Waals surface area contributed by atoms with Gasteiger partial charge in [-0.1, -0.05) is 0 Å². The highest BCUT2D eigenvalue weighted by molar-refractivity contribution is 7.80. The quantitative estimate of drug-likeness (QED) is 0.662. The molecule has 74 valence electrons. The van der Waals surface area contributed by atoms with E-state index in [4.69, 9.17) is 8.92 Å². The van der Waals surface area contributed by atoms with Crippen molar-refractivity contribution in [2.75, 3.05) is 13.7 Å². The lowest BCUT2D eigenvalue weighted by Gasteiger charge is -2.42. The highest BCUT2D eigenvalue weighted by Crippen LogP contribution is 2.55. The third kappa shape index (κ3) is 0.995. The van der Waals surface area contributed by atoms with Gasteiger partial charge in [0, 0.05) is 11.8 Å². The van der Waals surface area contributed by atoms with Crippen molar-refractivity contribution in [1.29, 1.82) is 0 Å². The van der Waals surface area contributed by atoms with Crippen LogP contribution in [0.1, 0.15) is 12.8 Å². The molecule has 1 saturated heterocycles. The monoisotopic (exact) mass is 202 g/mol. The molecule has 2 aliphatic carbocycles. The van der Waals surface area contributed by atoms with Crippen LogP contribution in [0.15, 0.2) is 0 Å². The van der Waals surface area contributed by atoms with Gasteiger partial charge in [-0.3, -0.25) is 4.18 Å². The number of fused-ring (bicyclic) bond motifs is 5. The molecule has 0 spiro atoms. The zero-order chi connectivity index (χ0) is 9.00. The summed E-state index contributed by atoms with van der Waals surface area (Å²) in [4.78, 5) is 0. The summed E-state index contributed by atoms with van der Waals surface area (Å²) < 4.78 is 21.9. The van der Waals surface area contributed by atoms with Gasteiger partial charge in [-0.05, 0) is 18.8 Å². The third-order valence-electron chi connectivity index (χ3n) is 3.93. The first-order valence-electron chi connectivity index (χ1n) is 4.88. The van der Waals surface area contributed by atoms with E-state index in [1.165, 1.54) is 13.5 Å². The molecule has 0 aromatic carbocycles. The molecular weight excluding hydrogens is 188 g/mol. The molecule has 6 atom stereocenters. The molecule has 3 rings (SSSR count). The van der Waals surface area contributed by atoms with Crippen molar-refractivity contribution in [3.8, 4) is 0 Å². The van der Waals surface area contributed by atoms with Crippen molar-refractivity contribution in [3.63, 3.8) is 0 Å². The van der Waals surface area contributed by atoms with Gasteiger partial charge in [0.15, 0.2) is 11.1 Å². The maximum Gasteiger partial charge on any atom is 0.158 e. The fourth-order valence-electron chi connectivity index (χ4n) is 3.27. The summed E-state index contributed by atoms with van der Waals surface area (Å²) in [6, 6.07) is 0. The zero-order valence-corrected chi connectivity index (χ0v) is 8.46. The fraction of sp³-hybridized carbons (Fsp3) is 1.00. The van der Waals surface area contributed by atoms with Crippen LogP contribution in [-0.4, -0.2) is 29.3 Å². The fourth-order valence-corrected chi connectivity index (χ4v) is 4.48. The molecular formula is C9H14O3S. The van der Waals surface area contributed by atoms with Crippen LogP contribution in [-0.2, 0) is 20.0 Å². The molecule has 0 aromatic rings. The van der Waals surface area contributed by atoms with E-state index in [2.05, 4.69) is 0 Å². The minimum absolute atomic E-state index is 0.247. The molecule has 0 radical (unpaired) electrons. The topological polar surface area (TPSA) is 35.5 Å².